The third-order valence-electron chi connectivity index (χ3n) is 4.76. The van der Waals surface area contributed by atoms with Gasteiger partial charge in [-0.3, -0.25) is 0 Å². The molecule has 1 aliphatic carbocycles. The summed E-state index contributed by atoms with van der Waals surface area (Å²) in [6, 6.07) is 5.15. The highest BCUT2D eigenvalue weighted by Crippen LogP contribution is 2.47. The molecule has 1 aromatic heterocycles. The van der Waals surface area contributed by atoms with Crippen molar-refractivity contribution in [2.45, 2.75) is 64.8 Å². The van der Waals surface area contributed by atoms with Crippen molar-refractivity contribution in [2.75, 3.05) is 7.05 Å². The maximum atomic E-state index is 3.66. The molecule has 1 fully saturated rings. The molecule has 1 unspecified atom stereocenters. The average Bonchev–Trinajstić information content (AvgIpc) is 3.01. The lowest BCUT2D eigenvalue weighted by Crippen LogP contribution is -2.43. The fraction of sp³-hybridized carbons (Fsp3) is 0.765. The van der Waals surface area contributed by atoms with Gasteiger partial charge in [0.2, 0.25) is 0 Å². The van der Waals surface area contributed by atoms with E-state index in [0.29, 0.717) is 11.5 Å². The minimum Gasteiger partial charge on any atom is -0.316 e. The monoisotopic (exact) mass is 279 g/mol. The first kappa shape index (κ1) is 15.1. The van der Waals surface area contributed by atoms with Gasteiger partial charge in [0.05, 0.1) is 0 Å². The number of rotatable bonds is 7. The van der Waals surface area contributed by atoms with Crippen molar-refractivity contribution in [1.29, 1.82) is 0 Å². The lowest BCUT2D eigenvalue weighted by atomic mass is 9.71. The van der Waals surface area contributed by atoms with Crippen molar-refractivity contribution >= 4 is 11.3 Å². The molecule has 1 aromatic rings. The second-order valence-electron chi connectivity index (χ2n) is 6.63. The van der Waals surface area contributed by atoms with Crippen molar-refractivity contribution in [2.24, 2.45) is 11.3 Å². The van der Waals surface area contributed by atoms with Crippen LogP contribution in [-0.4, -0.2) is 13.1 Å². The molecule has 0 aromatic carbocycles. The molecule has 1 nitrogen and oxygen atoms in total. The van der Waals surface area contributed by atoms with E-state index in [2.05, 4.69) is 43.7 Å². The Morgan fingerprint density at radius 2 is 2.05 bits per heavy atom. The summed E-state index contributed by atoms with van der Waals surface area (Å²) in [7, 11) is 2.17. The highest BCUT2D eigenvalue weighted by molar-refractivity contribution is 7.09. The van der Waals surface area contributed by atoms with Crippen molar-refractivity contribution < 1.29 is 0 Å². The van der Waals surface area contributed by atoms with Crippen LogP contribution >= 0.6 is 11.3 Å². The molecule has 108 valence electrons. The maximum absolute atomic E-state index is 3.66. The first-order valence-corrected chi connectivity index (χ1v) is 8.74. The maximum Gasteiger partial charge on any atom is 0.0124 e. The zero-order valence-corrected chi connectivity index (χ0v) is 13.6. The Kier molecular flexibility index (Phi) is 5.47. The third-order valence-corrected chi connectivity index (χ3v) is 5.70. The van der Waals surface area contributed by atoms with E-state index >= 15 is 0 Å². The number of nitrogens with one attached hydrogen (secondary N) is 1. The van der Waals surface area contributed by atoms with Crippen LogP contribution < -0.4 is 5.32 Å². The van der Waals surface area contributed by atoms with Gasteiger partial charge in [0.25, 0.3) is 0 Å². The summed E-state index contributed by atoms with van der Waals surface area (Å²) < 4.78 is 0. The van der Waals surface area contributed by atoms with E-state index in [0.717, 1.165) is 5.92 Å². The fourth-order valence-electron chi connectivity index (χ4n) is 4.09. The van der Waals surface area contributed by atoms with Gasteiger partial charge in [-0.2, -0.15) is 0 Å². The second-order valence-corrected chi connectivity index (χ2v) is 7.66. The largest absolute Gasteiger partial charge is 0.316 e. The Morgan fingerprint density at radius 3 is 2.58 bits per heavy atom. The first-order valence-electron chi connectivity index (χ1n) is 7.86. The van der Waals surface area contributed by atoms with Crippen LogP contribution in [0, 0.1) is 11.3 Å². The van der Waals surface area contributed by atoms with Crippen LogP contribution in [0.4, 0.5) is 0 Å². The van der Waals surface area contributed by atoms with Crippen molar-refractivity contribution in [1.82, 2.24) is 5.32 Å². The SMILES string of the molecule is CNC(CCc1cccs1)C1(CC(C)C)CCCC1. The Labute approximate surface area is 122 Å². The van der Waals surface area contributed by atoms with Gasteiger partial charge in [-0.25, -0.2) is 0 Å². The van der Waals surface area contributed by atoms with Crippen molar-refractivity contribution in [3.63, 3.8) is 0 Å². The number of hydrogen-bond donors (Lipinski definition) is 1. The van der Waals surface area contributed by atoms with Gasteiger partial charge in [-0.1, -0.05) is 32.8 Å². The number of thiophene rings is 1. The molecule has 2 rings (SSSR count). The summed E-state index contributed by atoms with van der Waals surface area (Å²) in [4.78, 5) is 1.54. The molecule has 2 heteroatoms. The van der Waals surface area contributed by atoms with Gasteiger partial charge in [0.15, 0.2) is 0 Å². The average molecular weight is 279 g/mol. The van der Waals surface area contributed by atoms with E-state index in [9.17, 15) is 0 Å². The van der Waals surface area contributed by atoms with Crippen LogP contribution in [0.15, 0.2) is 17.5 Å². The summed E-state index contributed by atoms with van der Waals surface area (Å²) in [5.74, 6) is 0.815. The molecule has 1 saturated carbocycles. The molecule has 0 bridgehead atoms. The standard InChI is InChI=1S/C17H29NS/c1-14(2)13-17(10-4-5-11-17)16(18-3)9-8-15-7-6-12-19-15/h6-7,12,14,16,18H,4-5,8-11,13H2,1-3H3. The molecule has 1 heterocycles. The molecule has 1 atom stereocenters. The van der Waals surface area contributed by atoms with Crippen LogP contribution in [0.25, 0.3) is 0 Å². The fourth-order valence-corrected chi connectivity index (χ4v) is 4.81. The molecular formula is C17H29NS. The van der Waals surface area contributed by atoms with Gasteiger partial charge in [-0.15, -0.1) is 11.3 Å². The predicted molar refractivity (Wildman–Crippen MR) is 85.8 cm³/mol. The van der Waals surface area contributed by atoms with Gasteiger partial charge >= 0.3 is 0 Å². The number of hydrogen-bond acceptors (Lipinski definition) is 2. The van der Waals surface area contributed by atoms with Gasteiger partial charge < -0.3 is 5.32 Å². The van der Waals surface area contributed by atoms with Crippen molar-refractivity contribution in [3.05, 3.63) is 22.4 Å². The molecule has 0 aliphatic heterocycles. The zero-order valence-electron chi connectivity index (χ0n) is 12.7. The third kappa shape index (κ3) is 3.82. The summed E-state index contributed by atoms with van der Waals surface area (Å²) in [5, 5.41) is 5.85. The zero-order chi connectivity index (χ0) is 13.7. The number of aryl methyl sites for hydroxylation is 1. The summed E-state index contributed by atoms with van der Waals surface area (Å²) in [6.07, 6.45) is 9.66. The summed E-state index contributed by atoms with van der Waals surface area (Å²) >= 11 is 1.90. The van der Waals surface area contributed by atoms with Crippen LogP contribution in [0.2, 0.25) is 0 Å². The van der Waals surface area contributed by atoms with E-state index in [1.54, 1.807) is 0 Å². The van der Waals surface area contributed by atoms with Gasteiger partial charge in [-0.05, 0) is 61.9 Å². The van der Waals surface area contributed by atoms with Crippen LogP contribution in [0.3, 0.4) is 0 Å². The Bertz CT molecular complexity index is 349. The van der Waals surface area contributed by atoms with E-state index in [4.69, 9.17) is 0 Å². The molecule has 19 heavy (non-hydrogen) atoms. The first-order chi connectivity index (χ1) is 9.16. The van der Waals surface area contributed by atoms with Crippen LogP contribution in [-0.2, 0) is 6.42 Å². The highest BCUT2D eigenvalue weighted by atomic mass is 32.1. The summed E-state index contributed by atoms with van der Waals surface area (Å²) in [6.45, 7) is 4.76. The topological polar surface area (TPSA) is 12.0 Å². The molecule has 0 spiro atoms. The minimum atomic E-state index is 0.570. The van der Waals surface area contributed by atoms with E-state index in [-0.39, 0.29) is 0 Å². The lowest BCUT2D eigenvalue weighted by molar-refractivity contribution is 0.154. The van der Waals surface area contributed by atoms with Crippen LogP contribution in [0.1, 0.15) is 57.2 Å². The second kappa shape index (κ2) is 6.90. The Morgan fingerprint density at radius 1 is 1.32 bits per heavy atom. The molecule has 1 N–H and O–H groups in total. The lowest BCUT2D eigenvalue weighted by Gasteiger charge is -2.39. The normalized spacial score (nSPS) is 20.0. The molecule has 1 aliphatic rings. The van der Waals surface area contributed by atoms with E-state index < -0.39 is 0 Å². The quantitative estimate of drug-likeness (QED) is 0.750. The molecule has 0 amide bonds. The minimum absolute atomic E-state index is 0.570. The van der Waals surface area contributed by atoms with Gasteiger partial charge in [0.1, 0.15) is 0 Å². The molecule has 0 radical (unpaired) electrons. The van der Waals surface area contributed by atoms with E-state index in [1.807, 2.05) is 11.3 Å². The van der Waals surface area contributed by atoms with Crippen LogP contribution in [0.5, 0.6) is 0 Å². The predicted octanol–water partition coefficient (Wildman–Crippen LogP) is 4.88. The molecular weight excluding hydrogens is 250 g/mol. The highest BCUT2D eigenvalue weighted by Gasteiger charge is 2.40. The van der Waals surface area contributed by atoms with Crippen molar-refractivity contribution in [3.8, 4) is 0 Å². The Balaban J connectivity index is 2.00. The molecule has 0 saturated heterocycles. The van der Waals surface area contributed by atoms with Gasteiger partial charge in [0, 0.05) is 10.9 Å². The smallest absolute Gasteiger partial charge is 0.0124 e. The Hall–Kier alpha value is -0.340. The van der Waals surface area contributed by atoms with E-state index in [1.165, 1.54) is 49.8 Å². The summed E-state index contributed by atoms with van der Waals surface area (Å²) in [5.41, 5.74) is 0.570.